The molecule has 1 unspecified atom stereocenters. The zero-order valence-corrected chi connectivity index (χ0v) is 8.83. The molecule has 0 bridgehead atoms. The molecule has 0 spiro atoms. The molecule has 0 aliphatic carbocycles. The summed E-state index contributed by atoms with van der Waals surface area (Å²) in [5.41, 5.74) is 0. The monoisotopic (exact) mass is 218 g/mol. The van der Waals surface area contributed by atoms with Gasteiger partial charge >= 0.3 is 12.1 Å². The lowest BCUT2D eigenvalue weighted by Crippen LogP contribution is -2.46. The minimum atomic E-state index is -0.776. The molecule has 0 saturated heterocycles. The third-order valence-corrected chi connectivity index (χ3v) is 1.55. The molecule has 0 fully saturated rings. The van der Waals surface area contributed by atoms with Crippen molar-refractivity contribution in [3.63, 3.8) is 0 Å². The van der Waals surface area contributed by atoms with E-state index < -0.39 is 24.0 Å². The van der Waals surface area contributed by atoms with Crippen molar-refractivity contribution in [3.8, 4) is 0 Å². The van der Waals surface area contributed by atoms with Crippen LogP contribution in [0.25, 0.3) is 0 Å². The van der Waals surface area contributed by atoms with E-state index in [0.717, 1.165) is 0 Å². The molecule has 2 amide bonds. The Balaban J connectivity index is 3.89. The number of carbonyl (C=O) groups is 3. The van der Waals surface area contributed by atoms with Crippen molar-refractivity contribution in [1.29, 1.82) is 0 Å². The Labute approximate surface area is 87.1 Å². The number of nitrogens with one attached hydrogen (secondary N) is 2. The summed E-state index contributed by atoms with van der Waals surface area (Å²) < 4.78 is 8.61. The maximum atomic E-state index is 11.2. The first-order valence-electron chi connectivity index (χ1n) is 4.20. The second-order valence-corrected chi connectivity index (χ2v) is 2.65. The number of esters is 1. The van der Waals surface area contributed by atoms with E-state index in [4.69, 9.17) is 0 Å². The minimum Gasteiger partial charge on any atom is -0.468 e. The standard InChI is InChI=1S/C8H14N2O5/c1-5(10-8(13)15-3)7(12)9-4-6(11)14-2/h5H,4H2,1-3H3,(H,9,12)(H,10,13). The minimum absolute atomic E-state index is 0.234. The van der Waals surface area contributed by atoms with Gasteiger partial charge in [-0.05, 0) is 6.92 Å². The third kappa shape index (κ3) is 5.50. The second kappa shape index (κ2) is 6.63. The first kappa shape index (κ1) is 13.2. The fourth-order valence-corrected chi connectivity index (χ4v) is 0.686. The zero-order chi connectivity index (χ0) is 11.8. The molecule has 1 atom stereocenters. The van der Waals surface area contributed by atoms with Crippen LogP contribution in [0.1, 0.15) is 6.92 Å². The van der Waals surface area contributed by atoms with Crippen LogP contribution in [0.3, 0.4) is 0 Å². The van der Waals surface area contributed by atoms with Gasteiger partial charge in [-0.1, -0.05) is 0 Å². The maximum Gasteiger partial charge on any atom is 0.407 e. The summed E-state index contributed by atoms with van der Waals surface area (Å²) >= 11 is 0. The summed E-state index contributed by atoms with van der Waals surface area (Å²) in [7, 11) is 2.40. The molecule has 7 heteroatoms. The average molecular weight is 218 g/mol. The molecule has 0 aliphatic rings. The molecule has 0 aromatic heterocycles. The maximum absolute atomic E-state index is 11.2. The summed E-state index contributed by atoms with van der Waals surface area (Å²) in [5.74, 6) is -1.06. The van der Waals surface area contributed by atoms with E-state index in [-0.39, 0.29) is 6.54 Å². The average Bonchev–Trinajstić information content (AvgIpc) is 2.24. The van der Waals surface area contributed by atoms with E-state index >= 15 is 0 Å². The van der Waals surface area contributed by atoms with Crippen molar-refractivity contribution >= 4 is 18.0 Å². The van der Waals surface area contributed by atoms with Crippen LogP contribution < -0.4 is 10.6 Å². The van der Waals surface area contributed by atoms with Gasteiger partial charge in [0.2, 0.25) is 5.91 Å². The fourth-order valence-electron chi connectivity index (χ4n) is 0.686. The Morgan fingerprint density at radius 2 is 1.80 bits per heavy atom. The number of rotatable bonds is 4. The van der Waals surface area contributed by atoms with Crippen LogP contribution in [0.15, 0.2) is 0 Å². The number of alkyl carbamates (subject to hydrolysis) is 1. The van der Waals surface area contributed by atoms with Gasteiger partial charge in [-0.15, -0.1) is 0 Å². The van der Waals surface area contributed by atoms with E-state index in [1.165, 1.54) is 21.1 Å². The van der Waals surface area contributed by atoms with Crippen LogP contribution in [0.5, 0.6) is 0 Å². The smallest absolute Gasteiger partial charge is 0.407 e. The highest BCUT2D eigenvalue weighted by Gasteiger charge is 2.16. The Bertz CT molecular complexity index is 253. The van der Waals surface area contributed by atoms with Crippen molar-refractivity contribution in [2.75, 3.05) is 20.8 Å². The molecular weight excluding hydrogens is 204 g/mol. The van der Waals surface area contributed by atoms with Crippen molar-refractivity contribution in [3.05, 3.63) is 0 Å². The van der Waals surface area contributed by atoms with E-state index in [9.17, 15) is 14.4 Å². The molecule has 2 N–H and O–H groups in total. The zero-order valence-electron chi connectivity index (χ0n) is 8.83. The lowest BCUT2D eigenvalue weighted by atomic mass is 10.3. The topological polar surface area (TPSA) is 93.7 Å². The molecule has 0 heterocycles. The summed E-state index contributed by atoms with van der Waals surface area (Å²) in [6, 6.07) is -0.776. The molecule has 0 saturated carbocycles. The molecule has 0 radical (unpaired) electrons. The van der Waals surface area contributed by atoms with Crippen LogP contribution in [0.2, 0.25) is 0 Å². The number of methoxy groups -OCH3 is 2. The van der Waals surface area contributed by atoms with E-state index in [1.807, 2.05) is 0 Å². The predicted molar refractivity (Wildman–Crippen MR) is 50.0 cm³/mol. The summed E-state index contributed by atoms with van der Waals surface area (Å²) in [6.45, 7) is 1.23. The third-order valence-electron chi connectivity index (χ3n) is 1.55. The largest absolute Gasteiger partial charge is 0.468 e. The highest BCUT2D eigenvalue weighted by atomic mass is 16.5. The van der Waals surface area contributed by atoms with Gasteiger partial charge in [-0.3, -0.25) is 9.59 Å². The fraction of sp³-hybridized carbons (Fsp3) is 0.625. The highest BCUT2D eigenvalue weighted by molar-refractivity contribution is 5.87. The van der Waals surface area contributed by atoms with Crippen molar-refractivity contribution < 1.29 is 23.9 Å². The summed E-state index contributed by atoms with van der Waals surface area (Å²) in [4.78, 5) is 32.6. The Morgan fingerprint density at radius 1 is 1.20 bits per heavy atom. The normalized spacial score (nSPS) is 11.1. The molecule has 0 aromatic carbocycles. The number of hydrogen-bond donors (Lipinski definition) is 2. The van der Waals surface area contributed by atoms with Crippen LogP contribution in [-0.2, 0) is 19.1 Å². The number of ether oxygens (including phenoxy) is 2. The molecule has 0 aromatic rings. The number of amides is 2. The van der Waals surface area contributed by atoms with Gasteiger partial charge in [0.25, 0.3) is 0 Å². The van der Waals surface area contributed by atoms with Gasteiger partial charge in [0.15, 0.2) is 0 Å². The highest BCUT2D eigenvalue weighted by Crippen LogP contribution is 1.84. The SMILES string of the molecule is COC(=O)CNC(=O)C(C)NC(=O)OC. The Kier molecular flexibility index (Phi) is 5.84. The van der Waals surface area contributed by atoms with Gasteiger partial charge in [0, 0.05) is 0 Å². The van der Waals surface area contributed by atoms with E-state index in [1.54, 1.807) is 0 Å². The van der Waals surface area contributed by atoms with E-state index in [0.29, 0.717) is 0 Å². The first-order chi connectivity index (χ1) is 7.01. The molecular formula is C8H14N2O5. The van der Waals surface area contributed by atoms with Gasteiger partial charge in [-0.25, -0.2) is 4.79 Å². The number of hydrogen-bond acceptors (Lipinski definition) is 5. The van der Waals surface area contributed by atoms with Crippen LogP contribution in [-0.4, -0.2) is 44.8 Å². The summed E-state index contributed by atoms with van der Waals surface area (Å²) in [6.07, 6.45) is -0.712. The van der Waals surface area contributed by atoms with Crippen LogP contribution in [0, 0.1) is 0 Å². The van der Waals surface area contributed by atoms with Gasteiger partial charge in [-0.2, -0.15) is 0 Å². The van der Waals surface area contributed by atoms with Crippen molar-refractivity contribution in [1.82, 2.24) is 10.6 Å². The summed E-state index contributed by atoms with van der Waals surface area (Å²) in [5, 5.41) is 4.52. The van der Waals surface area contributed by atoms with Gasteiger partial charge in [0.05, 0.1) is 14.2 Å². The molecule has 15 heavy (non-hydrogen) atoms. The molecule has 7 nitrogen and oxygen atoms in total. The van der Waals surface area contributed by atoms with E-state index in [2.05, 4.69) is 20.1 Å². The number of carbonyl (C=O) groups excluding carboxylic acids is 3. The first-order valence-corrected chi connectivity index (χ1v) is 4.20. The van der Waals surface area contributed by atoms with Gasteiger partial charge < -0.3 is 20.1 Å². The predicted octanol–water partition coefficient (Wildman–Crippen LogP) is -0.980. The van der Waals surface area contributed by atoms with Crippen molar-refractivity contribution in [2.45, 2.75) is 13.0 Å². The van der Waals surface area contributed by atoms with Crippen LogP contribution in [0.4, 0.5) is 4.79 Å². The van der Waals surface area contributed by atoms with Crippen LogP contribution >= 0.6 is 0 Å². The molecule has 0 rings (SSSR count). The Hall–Kier alpha value is -1.79. The van der Waals surface area contributed by atoms with Crippen molar-refractivity contribution in [2.24, 2.45) is 0 Å². The van der Waals surface area contributed by atoms with Gasteiger partial charge in [0.1, 0.15) is 12.6 Å². The lowest BCUT2D eigenvalue weighted by molar-refractivity contribution is -0.141. The molecule has 0 aliphatic heterocycles. The Morgan fingerprint density at radius 3 is 2.27 bits per heavy atom. The lowest BCUT2D eigenvalue weighted by Gasteiger charge is -2.12. The second-order valence-electron chi connectivity index (χ2n) is 2.65. The molecule has 86 valence electrons. The quantitative estimate of drug-likeness (QED) is 0.591.